The molecule has 0 radical (unpaired) electrons. The summed E-state index contributed by atoms with van der Waals surface area (Å²) in [5, 5.41) is 9.08. The van der Waals surface area contributed by atoms with Crippen molar-refractivity contribution >= 4 is 33.9 Å². The minimum Gasteiger partial charge on any atom is -0.488 e. The highest BCUT2D eigenvalue weighted by Crippen LogP contribution is 2.31. The molecule has 1 fully saturated rings. The van der Waals surface area contributed by atoms with Crippen LogP contribution in [0, 0.1) is 0 Å². The van der Waals surface area contributed by atoms with E-state index in [2.05, 4.69) is 15.9 Å². The summed E-state index contributed by atoms with van der Waals surface area (Å²) in [6, 6.07) is 5.26. The fourth-order valence-electron chi connectivity index (χ4n) is 3.14. The van der Waals surface area contributed by atoms with Gasteiger partial charge in [-0.25, -0.2) is 0 Å². The number of fused-ring (bicyclic) bond motifs is 1. The summed E-state index contributed by atoms with van der Waals surface area (Å²) >= 11 is 3.41. The molecule has 2 aliphatic heterocycles. The second-order valence-corrected chi connectivity index (χ2v) is 6.86. The van der Waals surface area contributed by atoms with Crippen LogP contribution in [0.25, 0.3) is 6.08 Å². The SMILES string of the molecule is COC1CC(CC(=O)O)N(C(=O)C2=Cc3cc(Br)ccc3OC2)C1. The molecular weight excluding hydrogens is 378 g/mol. The van der Waals surface area contributed by atoms with Crippen LogP contribution in [0.4, 0.5) is 0 Å². The average Bonchev–Trinajstić information content (AvgIpc) is 2.95. The molecule has 2 aliphatic rings. The highest BCUT2D eigenvalue weighted by atomic mass is 79.9. The largest absolute Gasteiger partial charge is 0.488 e. The van der Waals surface area contributed by atoms with Gasteiger partial charge in [0.2, 0.25) is 0 Å². The van der Waals surface area contributed by atoms with E-state index in [1.807, 2.05) is 24.3 Å². The molecule has 0 aromatic heterocycles. The van der Waals surface area contributed by atoms with Crippen LogP contribution in [0.3, 0.4) is 0 Å². The summed E-state index contributed by atoms with van der Waals surface area (Å²) < 4.78 is 11.9. The number of aliphatic carboxylic acids is 1. The quantitative estimate of drug-likeness (QED) is 0.846. The average molecular weight is 396 g/mol. The molecule has 3 rings (SSSR count). The van der Waals surface area contributed by atoms with E-state index >= 15 is 0 Å². The Labute approximate surface area is 148 Å². The molecule has 128 valence electrons. The molecule has 2 atom stereocenters. The van der Waals surface area contributed by atoms with Crippen molar-refractivity contribution in [1.29, 1.82) is 0 Å². The van der Waals surface area contributed by atoms with Gasteiger partial charge in [0.25, 0.3) is 5.91 Å². The maximum atomic E-state index is 12.9. The van der Waals surface area contributed by atoms with Gasteiger partial charge >= 0.3 is 5.97 Å². The van der Waals surface area contributed by atoms with Crippen molar-refractivity contribution in [3.05, 3.63) is 33.8 Å². The van der Waals surface area contributed by atoms with Crippen LogP contribution in [0.5, 0.6) is 5.75 Å². The van der Waals surface area contributed by atoms with E-state index in [0.29, 0.717) is 18.5 Å². The zero-order valence-corrected chi connectivity index (χ0v) is 14.8. The Morgan fingerprint density at radius 2 is 2.25 bits per heavy atom. The zero-order valence-electron chi connectivity index (χ0n) is 13.2. The number of rotatable bonds is 4. The molecule has 6 nitrogen and oxygen atoms in total. The standard InChI is InChI=1S/C17H18BrNO5/c1-23-14-6-13(7-16(20)21)19(8-14)17(22)11-4-10-5-12(18)2-3-15(10)24-9-11/h2-5,13-14H,6-9H2,1H3,(H,20,21). The number of benzene rings is 1. The fraction of sp³-hybridized carbons (Fsp3) is 0.412. The maximum Gasteiger partial charge on any atom is 0.305 e. The number of carboxylic acids is 1. The lowest BCUT2D eigenvalue weighted by Crippen LogP contribution is -2.39. The van der Waals surface area contributed by atoms with E-state index in [1.165, 1.54) is 0 Å². The van der Waals surface area contributed by atoms with Crippen molar-refractivity contribution in [2.24, 2.45) is 0 Å². The molecule has 1 aromatic rings. The van der Waals surface area contributed by atoms with Gasteiger partial charge in [0.15, 0.2) is 0 Å². The van der Waals surface area contributed by atoms with Crippen molar-refractivity contribution in [3.8, 4) is 5.75 Å². The Morgan fingerprint density at radius 3 is 2.96 bits per heavy atom. The minimum absolute atomic E-state index is 0.0815. The molecule has 1 aromatic carbocycles. The number of methoxy groups -OCH3 is 1. The van der Waals surface area contributed by atoms with Crippen LogP contribution in [0.1, 0.15) is 18.4 Å². The minimum atomic E-state index is -0.919. The molecule has 1 N–H and O–H groups in total. The van der Waals surface area contributed by atoms with Crippen molar-refractivity contribution in [3.63, 3.8) is 0 Å². The van der Waals surface area contributed by atoms with Gasteiger partial charge in [0, 0.05) is 29.7 Å². The highest BCUT2D eigenvalue weighted by molar-refractivity contribution is 9.10. The van der Waals surface area contributed by atoms with Crippen LogP contribution in [-0.2, 0) is 14.3 Å². The molecule has 24 heavy (non-hydrogen) atoms. The van der Waals surface area contributed by atoms with Gasteiger partial charge in [0.05, 0.1) is 18.1 Å². The Bertz CT molecular complexity index is 702. The Balaban J connectivity index is 1.83. The predicted octanol–water partition coefficient (Wildman–Crippen LogP) is 2.32. The number of ether oxygens (including phenoxy) is 2. The zero-order chi connectivity index (χ0) is 17.3. The molecule has 1 saturated heterocycles. The van der Waals surface area contributed by atoms with Gasteiger partial charge in [0.1, 0.15) is 12.4 Å². The van der Waals surface area contributed by atoms with E-state index < -0.39 is 5.97 Å². The normalized spacial score (nSPS) is 22.6. The van der Waals surface area contributed by atoms with Gasteiger partial charge in [-0.2, -0.15) is 0 Å². The summed E-state index contributed by atoms with van der Waals surface area (Å²) in [6.45, 7) is 0.581. The van der Waals surface area contributed by atoms with Gasteiger partial charge < -0.3 is 19.5 Å². The smallest absolute Gasteiger partial charge is 0.305 e. The number of amides is 1. The lowest BCUT2D eigenvalue weighted by Gasteiger charge is -2.26. The number of carboxylic acid groups (broad SMARTS) is 1. The first kappa shape index (κ1) is 17.0. The van der Waals surface area contributed by atoms with Gasteiger partial charge in [-0.1, -0.05) is 15.9 Å². The molecule has 2 heterocycles. The van der Waals surface area contributed by atoms with Crippen molar-refractivity contribution in [2.45, 2.75) is 25.0 Å². The van der Waals surface area contributed by atoms with E-state index in [4.69, 9.17) is 14.6 Å². The topological polar surface area (TPSA) is 76.1 Å². The first-order valence-corrected chi connectivity index (χ1v) is 8.45. The number of nitrogens with zero attached hydrogens (tertiary/aromatic N) is 1. The number of likely N-dealkylation sites (tertiary alicyclic amines) is 1. The van der Waals surface area contributed by atoms with Crippen LogP contribution in [-0.4, -0.2) is 54.3 Å². The van der Waals surface area contributed by atoms with Crippen molar-refractivity contribution in [1.82, 2.24) is 4.90 Å². The molecule has 1 amide bonds. The summed E-state index contributed by atoms with van der Waals surface area (Å²) in [7, 11) is 1.58. The summed E-state index contributed by atoms with van der Waals surface area (Å²) in [4.78, 5) is 25.5. The van der Waals surface area contributed by atoms with Gasteiger partial charge in [-0.3, -0.25) is 9.59 Å². The van der Waals surface area contributed by atoms with Gasteiger partial charge in [-0.15, -0.1) is 0 Å². The third-order valence-corrected chi connectivity index (χ3v) is 4.83. The first-order chi connectivity index (χ1) is 11.5. The lowest BCUT2D eigenvalue weighted by atomic mass is 10.1. The predicted molar refractivity (Wildman–Crippen MR) is 90.8 cm³/mol. The second kappa shape index (κ2) is 6.94. The van der Waals surface area contributed by atoms with Crippen molar-refractivity contribution in [2.75, 3.05) is 20.3 Å². The highest BCUT2D eigenvalue weighted by Gasteiger charge is 2.38. The molecule has 0 aliphatic carbocycles. The summed E-state index contributed by atoms with van der Waals surface area (Å²) in [5.74, 6) is -0.378. The molecule has 7 heteroatoms. The van der Waals surface area contributed by atoms with Crippen LogP contribution in [0.15, 0.2) is 28.2 Å². The van der Waals surface area contributed by atoms with E-state index in [0.717, 1.165) is 15.8 Å². The second-order valence-electron chi connectivity index (χ2n) is 5.94. The monoisotopic (exact) mass is 395 g/mol. The lowest BCUT2D eigenvalue weighted by molar-refractivity contribution is -0.139. The molecule has 2 unspecified atom stereocenters. The number of carbonyl (C=O) groups excluding carboxylic acids is 1. The van der Waals surface area contributed by atoms with Crippen LogP contribution >= 0.6 is 15.9 Å². The summed E-state index contributed by atoms with van der Waals surface area (Å²) in [6.07, 6.45) is 2.13. The molecule has 0 bridgehead atoms. The fourth-order valence-corrected chi connectivity index (χ4v) is 3.52. The van der Waals surface area contributed by atoms with Gasteiger partial charge in [-0.05, 0) is 30.7 Å². The van der Waals surface area contributed by atoms with E-state index in [1.54, 1.807) is 12.0 Å². The third kappa shape index (κ3) is 3.47. The summed E-state index contributed by atoms with van der Waals surface area (Å²) in [5.41, 5.74) is 1.35. The Kier molecular flexibility index (Phi) is 4.91. The first-order valence-electron chi connectivity index (χ1n) is 7.66. The van der Waals surface area contributed by atoms with E-state index in [9.17, 15) is 9.59 Å². The molecule has 0 saturated carbocycles. The van der Waals surface area contributed by atoms with Crippen molar-refractivity contribution < 1.29 is 24.2 Å². The molecule has 0 spiro atoms. The Hall–Kier alpha value is -1.86. The van der Waals surface area contributed by atoms with Crippen LogP contribution < -0.4 is 4.74 Å². The maximum absolute atomic E-state index is 12.9. The van der Waals surface area contributed by atoms with Crippen LogP contribution in [0.2, 0.25) is 0 Å². The number of halogens is 1. The Morgan fingerprint density at radius 1 is 1.46 bits per heavy atom. The molecular formula is C17H18BrNO5. The van der Waals surface area contributed by atoms with E-state index in [-0.39, 0.29) is 31.1 Å². The number of hydrogen-bond donors (Lipinski definition) is 1. The third-order valence-electron chi connectivity index (χ3n) is 4.34. The number of carbonyl (C=O) groups is 2. The number of hydrogen-bond acceptors (Lipinski definition) is 4.